The minimum Gasteiger partial charge on any atom is -0.493 e. The zero-order valence-corrected chi connectivity index (χ0v) is 21.0. The number of ether oxygens (including phenoxy) is 3. The summed E-state index contributed by atoms with van der Waals surface area (Å²) in [5.74, 6) is 2.30. The Morgan fingerprint density at radius 3 is 2.28 bits per heavy atom. The maximum Gasteiger partial charge on any atom is 0.191 e. The maximum atomic E-state index is 5.58. The highest BCUT2D eigenvalue weighted by atomic mass is 16.5. The number of nitrogens with one attached hydrogen (secondary N) is 2. The molecule has 0 spiro atoms. The first-order valence-electron chi connectivity index (χ1n) is 11.6. The van der Waals surface area contributed by atoms with Gasteiger partial charge in [0, 0.05) is 51.9 Å². The van der Waals surface area contributed by atoms with Gasteiger partial charge in [0.15, 0.2) is 17.5 Å². The van der Waals surface area contributed by atoms with Crippen LogP contribution in [0.5, 0.6) is 11.5 Å². The van der Waals surface area contributed by atoms with Gasteiger partial charge in [0.2, 0.25) is 0 Å². The number of nitrogens with zero attached hydrogens (tertiary/aromatic N) is 3. The van der Waals surface area contributed by atoms with Gasteiger partial charge in [-0.15, -0.1) is 0 Å². The molecule has 1 aromatic carbocycles. The van der Waals surface area contributed by atoms with Crippen LogP contribution < -0.4 is 20.1 Å². The van der Waals surface area contributed by atoms with Crippen molar-refractivity contribution >= 4 is 5.96 Å². The summed E-state index contributed by atoms with van der Waals surface area (Å²) in [7, 11) is 5.15. The molecule has 1 aliphatic heterocycles. The van der Waals surface area contributed by atoms with E-state index in [4.69, 9.17) is 14.2 Å². The summed E-state index contributed by atoms with van der Waals surface area (Å²) in [4.78, 5) is 9.36. The number of methoxy groups -OCH3 is 2. The second-order valence-corrected chi connectivity index (χ2v) is 8.58. The van der Waals surface area contributed by atoms with Crippen molar-refractivity contribution in [1.82, 2.24) is 20.4 Å². The van der Waals surface area contributed by atoms with Crippen molar-refractivity contribution in [3.05, 3.63) is 23.8 Å². The van der Waals surface area contributed by atoms with E-state index >= 15 is 0 Å². The van der Waals surface area contributed by atoms with Crippen molar-refractivity contribution < 1.29 is 14.2 Å². The van der Waals surface area contributed by atoms with Gasteiger partial charge in [-0.1, -0.05) is 6.07 Å². The molecule has 0 radical (unpaired) electrons. The van der Waals surface area contributed by atoms with Gasteiger partial charge in [-0.05, 0) is 45.4 Å². The summed E-state index contributed by atoms with van der Waals surface area (Å²) in [6.45, 7) is 14.8. The van der Waals surface area contributed by atoms with Crippen LogP contribution in [0.4, 0.5) is 0 Å². The van der Waals surface area contributed by atoms with Crippen LogP contribution >= 0.6 is 0 Å². The Kier molecular flexibility index (Phi) is 11.1. The summed E-state index contributed by atoms with van der Waals surface area (Å²) in [6, 6.07) is 7.36. The number of hydrogen-bond donors (Lipinski definition) is 2. The molecule has 2 rings (SSSR count). The molecule has 0 saturated carbocycles. The highest BCUT2D eigenvalue weighted by Crippen LogP contribution is 2.32. The van der Waals surface area contributed by atoms with Crippen molar-refractivity contribution in [1.29, 1.82) is 0 Å². The minimum absolute atomic E-state index is 0.167. The number of morpholine rings is 1. The van der Waals surface area contributed by atoms with Gasteiger partial charge in [0.1, 0.15) is 0 Å². The van der Waals surface area contributed by atoms with Crippen LogP contribution in [0.15, 0.2) is 23.2 Å². The molecule has 1 aliphatic rings. The van der Waals surface area contributed by atoms with E-state index in [0.717, 1.165) is 63.4 Å². The van der Waals surface area contributed by atoms with Crippen molar-refractivity contribution in [2.24, 2.45) is 4.99 Å². The van der Waals surface area contributed by atoms with Gasteiger partial charge in [-0.3, -0.25) is 14.8 Å². The van der Waals surface area contributed by atoms with Crippen LogP contribution in [0.25, 0.3) is 0 Å². The first kappa shape index (κ1) is 26.2. The second-order valence-electron chi connectivity index (χ2n) is 8.58. The third-order valence-corrected chi connectivity index (χ3v) is 5.95. The molecule has 1 unspecified atom stereocenters. The Morgan fingerprint density at radius 1 is 1.06 bits per heavy atom. The van der Waals surface area contributed by atoms with Crippen LogP contribution in [-0.4, -0.2) is 95.0 Å². The van der Waals surface area contributed by atoms with Crippen LogP contribution in [-0.2, 0) is 4.74 Å². The summed E-state index contributed by atoms with van der Waals surface area (Å²) in [6.07, 6.45) is 0. The molecule has 1 fully saturated rings. The highest BCUT2D eigenvalue weighted by molar-refractivity contribution is 5.79. The fourth-order valence-electron chi connectivity index (χ4n) is 4.24. The molecular formula is C24H43N5O3. The Balaban J connectivity index is 2.06. The first-order chi connectivity index (χ1) is 15.4. The van der Waals surface area contributed by atoms with Gasteiger partial charge in [0.25, 0.3) is 0 Å². The van der Waals surface area contributed by atoms with Gasteiger partial charge >= 0.3 is 0 Å². The van der Waals surface area contributed by atoms with Crippen molar-refractivity contribution in [3.8, 4) is 11.5 Å². The fourth-order valence-corrected chi connectivity index (χ4v) is 4.24. The van der Waals surface area contributed by atoms with E-state index in [1.54, 1.807) is 14.2 Å². The van der Waals surface area contributed by atoms with E-state index in [1.165, 1.54) is 5.56 Å². The average molecular weight is 450 g/mol. The smallest absolute Gasteiger partial charge is 0.191 e. The summed E-state index contributed by atoms with van der Waals surface area (Å²) >= 11 is 0. The van der Waals surface area contributed by atoms with Crippen molar-refractivity contribution in [2.75, 3.05) is 67.2 Å². The average Bonchev–Trinajstić information content (AvgIpc) is 2.80. The Hall–Kier alpha value is -2.03. The van der Waals surface area contributed by atoms with E-state index in [-0.39, 0.29) is 6.04 Å². The first-order valence-corrected chi connectivity index (χ1v) is 11.6. The molecule has 0 bridgehead atoms. The van der Waals surface area contributed by atoms with Gasteiger partial charge in [0.05, 0.1) is 33.5 Å². The molecule has 0 amide bonds. The lowest BCUT2D eigenvalue weighted by Crippen LogP contribution is -2.48. The molecule has 2 N–H and O–H groups in total. The van der Waals surface area contributed by atoms with E-state index in [9.17, 15) is 0 Å². The predicted molar refractivity (Wildman–Crippen MR) is 131 cm³/mol. The second kappa shape index (κ2) is 13.5. The largest absolute Gasteiger partial charge is 0.493 e. The lowest BCUT2D eigenvalue weighted by Gasteiger charge is -2.35. The van der Waals surface area contributed by atoms with Crippen LogP contribution in [0.3, 0.4) is 0 Å². The zero-order valence-electron chi connectivity index (χ0n) is 21.0. The summed E-state index contributed by atoms with van der Waals surface area (Å²) < 4.78 is 16.5. The molecule has 1 heterocycles. The Labute approximate surface area is 194 Å². The molecule has 0 aliphatic carbocycles. The number of hydrogen-bond acceptors (Lipinski definition) is 6. The summed E-state index contributed by atoms with van der Waals surface area (Å²) in [5.41, 5.74) is 1.18. The predicted octanol–water partition coefficient (Wildman–Crippen LogP) is 2.36. The number of rotatable bonds is 11. The molecular weight excluding hydrogens is 406 g/mol. The van der Waals surface area contributed by atoms with Gasteiger partial charge in [-0.25, -0.2) is 0 Å². The normalized spacial score (nSPS) is 16.5. The van der Waals surface area contributed by atoms with E-state index in [1.807, 2.05) is 13.1 Å². The van der Waals surface area contributed by atoms with Crippen molar-refractivity contribution in [2.45, 2.75) is 45.8 Å². The van der Waals surface area contributed by atoms with Gasteiger partial charge < -0.3 is 24.8 Å². The molecule has 32 heavy (non-hydrogen) atoms. The van der Waals surface area contributed by atoms with Gasteiger partial charge in [-0.2, -0.15) is 0 Å². The lowest BCUT2D eigenvalue weighted by molar-refractivity contribution is 0.0169. The van der Waals surface area contributed by atoms with E-state index in [2.05, 4.69) is 65.3 Å². The molecule has 1 aromatic rings. The molecule has 182 valence electrons. The van der Waals surface area contributed by atoms with Crippen molar-refractivity contribution in [3.63, 3.8) is 0 Å². The Bertz CT molecular complexity index is 697. The van der Waals surface area contributed by atoms with Crippen LogP contribution in [0, 0.1) is 0 Å². The third-order valence-electron chi connectivity index (χ3n) is 5.95. The Morgan fingerprint density at radius 2 is 1.72 bits per heavy atom. The maximum absolute atomic E-state index is 5.58. The zero-order chi connectivity index (χ0) is 23.5. The minimum atomic E-state index is 0.167. The monoisotopic (exact) mass is 449 g/mol. The molecule has 8 heteroatoms. The standard InChI is InChI=1S/C24H43N5O3/c1-18(2)29(19(3)4)11-10-26-24(25-5)27-17-21(28-12-14-32-15-13-28)20-8-9-22(30-6)23(16-20)31-7/h8-9,16,18-19,21H,10-15,17H2,1-7H3,(H2,25,26,27). The molecule has 0 aromatic heterocycles. The number of aliphatic imine (C=N–C) groups is 1. The van der Waals surface area contributed by atoms with Crippen LogP contribution in [0.1, 0.15) is 39.3 Å². The third kappa shape index (κ3) is 7.53. The highest BCUT2D eigenvalue weighted by Gasteiger charge is 2.24. The quantitative estimate of drug-likeness (QED) is 0.397. The van der Waals surface area contributed by atoms with E-state index in [0.29, 0.717) is 12.1 Å². The SMILES string of the molecule is CN=C(NCCN(C(C)C)C(C)C)NCC(c1ccc(OC)c(OC)c1)N1CCOCC1. The van der Waals surface area contributed by atoms with Crippen LogP contribution in [0.2, 0.25) is 0 Å². The topological polar surface area (TPSA) is 70.6 Å². The molecule has 1 atom stereocenters. The number of guanidine groups is 1. The van der Waals surface area contributed by atoms with E-state index < -0.39 is 0 Å². The fraction of sp³-hybridized carbons (Fsp3) is 0.708. The molecule has 1 saturated heterocycles. The molecule has 8 nitrogen and oxygen atoms in total. The lowest BCUT2D eigenvalue weighted by atomic mass is 10.0. The summed E-state index contributed by atoms with van der Waals surface area (Å²) in [5, 5.41) is 7.00. The number of benzene rings is 1.